The molecule has 1 heterocycles. The zero-order valence-corrected chi connectivity index (χ0v) is 31.2. The van der Waals surface area contributed by atoms with Gasteiger partial charge in [0, 0.05) is 31.8 Å². The molecule has 12 nitrogen and oxygen atoms in total. The molecule has 0 aromatic rings. The van der Waals surface area contributed by atoms with Crippen LogP contribution in [0.25, 0.3) is 0 Å². The molecule has 0 unspecified atom stereocenters. The third kappa shape index (κ3) is 8.25. The van der Waals surface area contributed by atoms with E-state index in [1.807, 2.05) is 0 Å². The van der Waals surface area contributed by atoms with Gasteiger partial charge in [0.1, 0.15) is 11.7 Å². The third-order valence-electron chi connectivity index (χ3n) is 9.51. The van der Waals surface area contributed by atoms with Crippen molar-refractivity contribution < 1.29 is 60.7 Å². The fourth-order valence-electron chi connectivity index (χ4n) is 6.90. The molecule has 0 bridgehead atoms. The van der Waals surface area contributed by atoms with Crippen LogP contribution in [0.4, 0.5) is 0 Å². The molecule has 1 saturated heterocycles. The van der Waals surface area contributed by atoms with Crippen LogP contribution in [0.15, 0.2) is 22.8 Å². The molecule has 3 aliphatic rings. The quantitative estimate of drug-likeness (QED) is 0.0716. The molecular weight excluding hydrogens is 640 g/mol. The molecule has 2 N–H and O–H groups in total. The molecule has 1 saturated carbocycles. The van der Waals surface area contributed by atoms with Gasteiger partial charge in [-0.2, -0.15) is 0 Å². The molecule has 0 radical (unpaired) electrons. The Morgan fingerprint density at radius 3 is 2.15 bits per heavy atom. The van der Waals surface area contributed by atoms with Crippen LogP contribution in [0.2, 0.25) is 0 Å². The van der Waals surface area contributed by atoms with E-state index in [2.05, 4.69) is 6.92 Å². The number of hydrogen-bond donors (Lipinski definition) is 2. The van der Waals surface area contributed by atoms with Gasteiger partial charge in [-0.25, -0.2) is 9.59 Å². The van der Waals surface area contributed by atoms with Crippen LogP contribution in [0.3, 0.4) is 0 Å². The molecule has 0 aromatic carbocycles. The van der Waals surface area contributed by atoms with Crippen molar-refractivity contribution in [2.45, 2.75) is 154 Å². The van der Waals surface area contributed by atoms with Crippen molar-refractivity contribution in [3.05, 3.63) is 22.8 Å². The van der Waals surface area contributed by atoms with E-state index in [4.69, 9.17) is 23.7 Å². The maximum Gasteiger partial charge on any atom is 2.00 e. The van der Waals surface area contributed by atoms with E-state index in [1.54, 1.807) is 33.8 Å². The van der Waals surface area contributed by atoms with Crippen molar-refractivity contribution >= 4 is 67.6 Å². The summed E-state index contributed by atoms with van der Waals surface area (Å²) in [5, 5.41) is 23.9. The summed E-state index contributed by atoms with van der Waals surface area (Å²) in [6, 6.07) is 0. The van der Waals surface area contributed by atoms with Crippen molar-refractivity contribution in [1.82, 2.24) is 0 Å². The van der Waals surface area contributed by atoms with Gasteiger partial charge in [0.25, 0.3) is 0 Å². The Morgan fingerprint density at radius 1 is 0.957 bits per heavy atom. The number of fused-ring (bicyclic) bond motifs is 3. The van der Waals surface area contributed by atoms with Gasteiger partial charge in [0.05, 0.1) is 5.92 Å². The summed E-state index contributed by atoms with van der Waals surface area (Å²) in [4.78, 5) is 65.1. The standard InChI is InChI=1S/C34H50O12.Ca.2H/c1-9-12-13-14-15-17-24(37)43-28-26-25(20(5)27(28)44-30(38)19(4)11-3)29-34(41,33(8,40)31(39)45-29)22(42-23(36)16-10-2)18-32(26,7)46-21(6)35;;;/h11,22,26-29,40-41H,9-10,12-18H2,1-8H3;;;/q;+2;2*-1/b19-11-;;;/t22-,26+,27-,28-,29-,32-,33+,34+;;;/m0.../s1. The average molecular weight is 693 g/mol. The molecule has 0 amide bonds. The number of rotatable bonds is 13. The first-order valence-corrected chi connectivity index (χ1v) is 16.3. The smallest absolute Gasteiger partial charge is 1.00 e. The molecule has 13 heteroatoms. The summed E-state index contributed by atoms with van der Waals surface area (Å²) in [6.07, 6.45) is 0.272. The zero-order valence-electron chi connectivity index (χ0n) is 31.0. The first-order chi connectivity index (χ1) is 21.5. The van der Waals surface area contributed by atoms with Crippen LogP contribution in [-0.4, -0.2) is 119 Å². The number of carbonyl (C=O) groups excluding carboxylic acids is 5. The van der Waals surface area contributed by atoms with Gasteiger partial charge >= 0.3 is 67.6 Å². The number of ether oxygens (including phenoxy) is 5. The minimum atomic E-state index is -2.57. The second kappa shape index (κ2) is 16.6. The second-order valence-electron chi connectivity index (χ2n) is 13.1. The molecule has 2 aliphatic carbocycles. The third-order valence-corrected chi connectivity index (χ3v) is 9.51. The van der Waals surface area contributed by atoms with Gasteiger partial charge in [-0.1, -0.05) is 45.6 Å². The molecule has 3 rings (SSSR count). The van der Waals surface area contributed by atoms with Crippen molar-refractivity contribution in [1.29, 1.82) is 0 Å². The number of hydrogen-bond acceptors (Lipinski definition) is 12. The van der Waals surface area contributed by atoms with Crippen LogP contribution in [0.1, 0.15) is 116 Å². The van der Waals surface area contributed by atoms with E-state index >= 15 is 0 Å². The molecule has 0 spiro atoms. The Bertz CT molecular complexity index is 1280. The van der Waals surface area contributed by atoms with Crippen molar-refractivity contribution in [2.75, 3.05) is 0 Å². The van der Waals surface area contributed by atoms with Gasteiger partial charge in [-0.15, -0.1) is 0 Å². The van der Waals surface area contributed by atoms with Crippen molar-refractivity contribution in [3.8, 4) is 0 Å². The number of carbonyl (C=O) groups is 5. The minimum absolute atomic E-state index is 0. The van der Waals surface area contributed by atoms with E-state index < -0.39 is 83.4 Å². The summed E-state index contributed by atoms with van der Waals surface area (Å²) in [5.41, 5.74) is -6.12. The fraction of sp³-hybridized carbons (Fsp3) is 0.735. The predicted molar refractivity (Wildman–Crippen MR) is 172 cm³/mol. The van der Waals surface area contributed by atoms with Crippen LogP contribution in [0.5, 0.6) is 0 Å². The maximum absolute atomic E-state index is 13.3. The van der Waals surface area contributed by atoms with Crippen molar-refractivity contribution in [3.63, 3.8) is 0 Å². The Labute approximate surface area is 309 Å². The van der Waals surface area contributed by atoms with Crippen LogP contribution >= 0.6 is 0 Å². The molecule has 1 aliphatic heterocycles. The van der Waals surface area contributed by atoms with Crippen molar-refractivity contribution in [2.24, 2.45) is 5.92 Å². The summed E-state index contributed by atoms with van der Waals surface area (Å²) in [7, 11) is 0. The Morgan fingerprint density at radius 2 is 1.57 bits per heavy atom. The summed E-state index contributed by atoms with van der Waals surface area (Å²) < 4.78 is 29.3. The first-order valence-electron chi connectivity index (χ1n) is 16.3. The minimum Gasteiger partial charge on any atom is -1.00 e. The van der Waals surface area contributed by atoms with E-state index in [0.29, 0.717) is 12.8 Å². The van der Waals surface area contributed by atoms with Crippen LogP contribution < -0.4 is 0 Å². The predicted octanol–water partition coefficient (Wildman–Crippen LogP) is 3.77. The largest absolute Gasteiger partial charge is 2.00 e. The number of esters is 5. The molecule has 8 atom stereocenters. The number of allylic oxidation sites excluding steroid dienone is 1. The van der Waals surface area contributed by atoms with E-state index in [-0.39, 0.29) is 70.2 Å². The van der Waals surface area contributed by atoms with E-state index in [9.17, 15) is 34.2 Å². The SMILES string of the molecule is C/C=C(/C)C(=O)O[C@H]1C(C)=C2[C@H]([C@@H]1OC(=O)CCCCCCC)[C@@](C)(OC(C)=O)C[C@H](OC(=O)CCC)[C@@]1(O)[C@H]2OC(=O)[C@@]1(C)O.[Ca+2].[H-].[H-]. The number of unbranched alkanes of at least 4 members (excludes halogenated alkanes) is 4. The van der Waals surface area contributed by atoms with Crippen LogP contribution in [0, 0.1) is 5.92 Å². The summed E-state index contributed by atoms with van der Waals surface area (Å²) in [5.74, 6) is -5.03. The van der Waals surface area contributed by atoms with Gasteiger partial charge in [0.2, 0.25) is 0 Å². The monoisotopic (exact) mass is 692 g/mol. The number of aliphatic hydroxyl groups is 2. The van der Waals surface area contributed by atoms with Gasteiger partial charge in [0.15, 0.2) is 29.5 Å². The fourth-order valence-corrected chi connectivity index (χ4v) is 6.90. The molecular formula is C34H52CaO12. The van der Waals surface area contributed by atoms with E-state index in [1.165, 1.54) is 13.8 Å². The Kier molecular flexibility index (Phi) is 14.6. The van der Waals surface area contributed by atoms with E-state index in [0.717, 1.165) is 32.6 Å². The zero-order chi connectivity index (χ0) is 34.6. The second-order valence-corrected chi connectivity index (χ2v) is 13.1. The van der Waals surface area contributed by atoms with Gasteiger partial charge in [-0.3, -0.25) is 14.4 Å². The average Bonchev–Trinajstić information content (AvgIpc) is 3.30. The molecule has 0 aromatic heterocycles. The maximum atomic E-state index is 13.3. The van der Waals surface area contributed by atoms with Gasteiger partial charge in [-0.05, 0) is 58.6 Å². The Hall–Kier alpha value is -1.99. The molecule has 262 valence electrons. The topological polar surface area (TPSA) is 172 Å². The normalized spacial score (nSPS) is 33.1. The Balaban J connectivity index is 0.00000768. The van der Waals surface area contributed by atoms with Gasteiger partial charge < -0.3 is 36.8 Å². The van der Waals surface area contributed by atoms with Crippen LogP contribution in [-0.2, 0) is 47.7 Å². The summed E-state index contributed by atoms with van der Waals surface area (Å²) in [6.45, 7) is 12.4. The summed E-state index contributed by atoms with van der Waals surface area (Å²) >= 11 is 0. The first kappa shape index (κ1) is 41.2. The molecule has 2 fully saturated rings. The molecule has 47 heavy (non-hydrogen) atoms.